The Labute approximate surface area is 112 Å². The lowest BCUT2D eigenvalue weighted by Gasteiger charge is -2.15. The van der Waals surface area contributed by atoms with Gasteiger partial charge in [0.05, 0.1) is 0 Å². The zero-order valence-corrected chi connectivity index (χ0v) is 12.1. The van der Waals surface area contributed by atoms with Gasteiger partial charge in [-0.25, -0.2) is 0 Å². The molecule has 1 aromatic rings. The number of nitrogens with zero attached hydrogens (tertiary/aromatic N) is 1. The molecule has 0 N–H and O–H groups in total. The van der Waals surface area contributed by atoms with E-state index in [-0.39, 0.29) is 0 Å². The van der Waals surface area contributed by atoms with Crippen LogP contribution in [-0.2, 0) is 6.54 Å². The minimum absolute atomic E-state index is 0.645. The number of alkyl halides is 1. The SMILES string of the molecule is Clc1cc(Br)ccc1CN1CCC(Br)C1. The summed E-state index contributed by atoms with van der Waals surface area (Å²) in [7, 11) is 0. The Kier molecular flexibility index (Phi) is 4.10. The Morgan fingerprint density at radius 3 is 2.87 bits per heavy atom. The average Bonchev–Trinajstić information content (AvgIpc) is 2.56. The van der Waals surface area contributed by atoms with Gasteiger partial charge in [0.1, 0.15) is 0 Å². The highest BCUT2D eigenvalue weighted by Crippen LogP contribution is 2.25. The van der Waals surface area contributed by atoms with E-state index in [0.717, 1.165) is 29.1 Å². The molecule has 1 heterocycles. The van der Waals surface area contributed by atoms with E-state index in [4.69, 9.17) is 11.6 Å². The van der Waals surface area contributed by atoms with Crippen molar-refractivity contribution in [2.75, 3.05) is 13.1 Å². The summed E-state index contributed by atoms with van der Waals surface area (Å²) in [5.74, 6) is 0. The Hall–Kier alpha value is 0.430. The lowest BCUT2D eigenvalue weighted by Crippen LogP contribution is -2.20. The molecule has 1 aromatic carbocycles. The first kappa shape index (κ1) is 11.9. The molecule has 0 radical (unpaired) electrons. The largest absolute Gasteiger partial charge is 0.298 e. The van der Waals surface area contributed by atoms with Crippen LogP contribution in [0.15, 0.2) is 22.7 Å². The van der Waals surface area contributed by atoms with Crippen molar-refractivity contribution in [1.82, 2.24) is 4.90 Å². The second kappa shape index (κ2) is 5.17. The normalized spacial score (nSPS) is 22.2. The van der Waals surface area contributed by atoms with Gasteiger partial charge in [-0.05, 0) is 30.7 Å². The van der Waals surface area contributed by atoms with Crippen molar-refractivity contribution in [3.8, 4) is 0 Å². The van der Waals surface area contributed by atoms with Gasteiger partial charge in [0.25, 0.3) is 0 Å². The summed E-state index contributed by atoms with van der Waals surface area (Å²) < 4.78 is 1.04. The fourth-order valence-corrected chi connectivity index (χ4v) is 3.17. The van der Waals surface area contributed by atoms with Gasteiger partial charge in [-0.15, -0.1) is 0 Å². The van der Waals surface area contributed by atoms with Crippen LogP contribution >= 0.6 is 43.5 Å². The Balaban J connectivity index is 2.04. The van der Waals surface area contributed by atoms with E-state index in [9.17, 15) is 0 Å². The smallest absolute Gasteiger partial charge is 0.0462 e. The second-order valence-corrected chi connectivity index (χ2v) is 6.47. The quantitative estimate of drug-likeness (QED) is 0.725. The molecule has 2 rings (SSSR count). The van der Waals surface area contributed by atoms with Gasteiger partial charge in [0.15, 0.2) is 0 Å². The van der Waals surface area contributed by atoms with Crippen molar-refractivity contribution in [2.24, 2.45) is 0 Å². The summed E-state index contributed by atoms with van der Waals surface area (Å²) in [6.07, 6.45) is 1.23. The summed E-state index contributed by atoms with van der Waals surface area (Å²) in [6.45, 7) is 3.23. The minimum atomic E-state index is 0.645. The van der Waals surface area contributed by atoms with Crippen LogP contribution in [0.1, 0.15) is 12.0 Å². The molecule has 15 heavy (non-hydrogen) atoms. The maximum absolute atomic E-state index is 6.18. The van der Waals surface area contributed by atoms with Gasteiger partial charge in [0.2, 0.25) is 0 Å². The van der Waals surface area contributed by atoms with Crippen LogP contribution in [-0.4, -0.2) is 22.8 Å². The first-order valence-electron chi connectivity index (χ1n) is 4.95. The molecule has 1 unspecified atom stereocenters. The standard InChI is InChI=1S/C11H12Br2ClN/c12-9-2-1-8(11(14)5-9)6-15-4-3-10(13)7-15/h1-2,5,10H,3-4,6-7H2. The number of hydrogen-bond donors (Lipinski definition) is 0. The zero-order chi connectivity index (χ0) is 10.8. The van der Waals surface area contributed by atoms with Crippen LogP contribution in [0.4, 0.5) is 0 Å². The van der Waals surface area contributed by atoms with Crippen molar-refractivity contribution in [1.29, 1.82) is 0 Å². The molecule has 1 aliphatic heterocycles. The van der Waals surface area contributed by atoms with Gasteiger partial charge in [-0.1, -0.05) is 49.5 Å². The molecule has 4 heteroatoms. The molecule has 0 saturated carbocycles. The first-order valence-corrected chi connectivity index (χ1v) is 7.04. The van der Waals surface area contributed by atoms with Gasteiger partial charge in [-0.3, -0.25) is 4.90 Å². The third kappa shape index (κ3) is 3.19. The van der Waals surface area contributed by atoms with Gasteiger partial charge >= 0.3 is 0 Å². The predicted octanol–water partition coefficient (Wildman–Crippen LogP) is 4.07. The summed E-state index contributed by atoms with van der Waals surface area (Å²) in [6, 6.07) is 6.09. The fourth-order valence-electron chi connectivity index (χ4n) is 1.82. The highest BCUT2D eigenvalue weighted by Gasteiger charge is 2.20. The van der Waals surface area contributed by atoms with Crippen molar-refractivity contribution in [3.05, 3.63) is 33.3 Å². The number of hydrogen-bond acceptors (Lipinski definition) is 1. The van der Waals surface area contributed by atoms with Crippen LogP contribution in [0, 0.1) is 0 Å². The molecule has 0 bridgehead atoms. The summed E-state index contributed by atoms with van der Waals surface area (Å²) in [5, 5.41) is 0.849. The third-order valence-electron chi connectivity index (χ3n) is 2.62. The molecular formula is C11H12Br2ClN. The summed E-state index contributed by atoms with van der Waals surface area (Å²) >= 11 is 13.2. The van der Waals surface area contributed by atoms with Crippen LogP contribution in [0.3, 0.4) is 0 Å². The lowest BCUT2D eigenvalue weighted by atomic mass is 10.2. The summed E-state index contributed by atoms with van der Waals surface area (Å²) in [5.41, 5.74) is 1.21. The Bertz CT molecular complexity index is 356. The maximum Gasteiger partial charge on any atom is 0.0462 e. The molecule has 0 spiro atoms. The van der Waals surface area contributed by atoms with Crippen molar-refractivity contribution < 1.29 is 0 Å². The van der Waals surface area contributed by atoms with E-state index in [1.165, 1.54) is 12.0 Å². The van der Waals surface area contributed by atoms with Crippen molar-refractivity contribution in [2.45, 2.75) is 17.8 Å². The maximum atomic E-state index is 6.18. The summed E-state index contributed by atoms with van der Waals surface area (Å²) in [4.78, 5) is 3.07. The zero-order valence-electron chi connectivity index (χ0n) is 8.22. The van der Waals surface area contributed by atoms with E-state index < -0.39 is 0 Å². The van der Waals surface area contributed by atoms with E-state index in [1.54, 1.807) is 0 Å². The van der Waals surface area contributed by atoms with E-state index >= 15 is 0 Å². The molecule has 0 amide bonds. The number of benzene rings is 1. The number of likely N-dealkylation sites (tertiary alicyclic amines) is 1. The molecule has 1 aliphatic rings. The van der Waals surface area contributed by atoms with Gasteiger partial charge in [0, 0.05) is 27.4 Å². The van der Waals surface area contributed by atoms with Crippen LogP contribution in [0.5, 0.6) is 0 Å². The van der Waals surface area contributed by atoms with E-state index in [1.807, 2.05) is 12.1 Å². The minimum Gasteiger partial charge on any atom is -0.298 e. The van der Waals surface area contributed by atoms with E-state index in [2.05, 4.69) is 42.8 Å². The second-order valence-electron chi connectivity index (χ2n) is 3.86. The molecule has 0 aliphatic carbocycles. The predicted molar refractivity (Wildman–Crippen MR) is 71.8 cm³/mol. The van der Waals surface area contributed by atoms with Gasteiger partial charge < -0.3 is 0 Å². The van der Waals surface area contributed by atoms with E-state index in [0.29, 0.717) is 4.83 Å². The molecule has 0 aromatic heterocycles. The monoisotopic (exact) mass is 351 g/mol. The van der Waals surface area contributed by atoms with Crippen molar-refractivity contribution in [3.63, 3.8) is 0 Å². The molecule has 1 atom stereocenters. The molecule has 1 saturated heterocycles. The van der Waals surface area contributed by atoms with Gasteiger partial charge in [-0.2, -0.15) is 0 Å². The average molecular weight is 353 g/mol. The topological polar surface area (TPSA) is 3.24 Å². The molecule has 1 fully saturated rings. The molecule has 82 valence electrons. The fraction of sp³-hybridized carbons (Fsp3) is 0.455. The lowest BCUT2D eigenvalue weighted by molar-refractivity contribution is 0.333. The van der Waals surface area contributed by atoms with Crippen LogP contribution in [0.25, 0.3) is 0 Å². The van der Waals surface area contributed by atoms with Crippen LogP contribution in [0.2, 0.25) is 5.02 Å². The number of halogens is 3. The molecule has 1 nitrogen and oxygen atoms in total. The number of rotatable bonds is 2. The molecular weight excluding hydrogens is 341 g/mol. The van der Waals surface area contributed by atoms with Crippen LogP contribution < -0.4 is 0 Å². The van der Waals surface area contributed by atoms with Crippen molar-refractivity contribution >= 4 is 43.5 Å². The highest BCUT2D eigenvalue weighted by atomic mass is 79.9. The highest BCUT2D eigenvalue weighted by molar-refractivity contribution is 9.10. The third-order valence-corrected chi connectivity index (χ3v) is 4.22. The Morgan fingerprint density at radius 1 is 1.47 bits per heavy atom. The Morgan fingerprint density at radius 2 is 2.27 bits per heavy atom. The first-order chi connectivity index (χ1) is 7.15.